The Morgan fingerprint density at radius 2 is 0.717 bits per heavy atom. The van der Waals surface area contributed by atoms with Crippen molar-refractivity contribution in [1.29, 1.82) is 0 Å². The van der Waals surface area contributed by atoms with Gasteiger partial charge >= 0.3 is 0 Å². The predicted molar refractivity (Wildman–Crippen MR) is 264 cm³/mol. The first-order valence-electron chi connectivity index (χ1n) is 27.1. The second-order valence-corrected chi connectivity index (χ2v) is 18.8. The molecule has 0 aliphatic rings. The van der Waals surface area contributed by atoms with Crippen LogP contribution in [-0.2, 0) is 4.79 Å². The fraction of sp³-hybridized carbons (Fsp3) is 0.909. The van der Waals surface area contributed by atoms with Gasteiger partial charge < -0.3 is 20.6 Å². The van der Waals surface area contributed by atoms with E-state index in [1.54, 1.807) is 6.08 Å². The molecule has 0 saturated carbocycles. The van der Waals surface area contributed by atoms with Gasteiger partial charge in [-0.25, -0.2) is 0 Å². The smallest absolute Gasteiger partial charge is 0.222 e. The van der Waals surface area contributed by atoms with Crippen molar-refractivity contribution in [3.8, 4) is 0 Å². The zero-order chi connectivity index (χ0) is 43.7. The van der Waals surface area contributed by atoms with Crippen LogP contribution in [0.25, 0.3) is 0 Å². The van der Waals surface area contributed by atoms with Gasteiger partial charge in [0.25, 0.3) is 0 Å². The Bertz CT molecular complexity index is 890. The van der Waals surface area contributed by atoms with Crippen LogP contribution in [0, 0.1) is 0 Å². The van der Waals surface area contributed by atoms with Crippen molar-refractivity contribution in [2.24, 2.45) is 0 Å². The summed E-state index contributed by atoms with van der Waals surface area (Å²) < 4.78 is 0. The van der Waals surface area contributed by atoms with Crippen LogP contribution < -0.4 is 5.32 Å². The maximum atomic E-state index is 12.5. The number of unbranched alkanes of at least 4 members (excludes halogenated alkanes) is 39. The molecule has 5 nitrogen and oxygen atoms in total. The van der Waals surface area contributed by atoms with E-state index in [1.165, 1.54) is 238 Å². The number of amides is 1. The van der Waals surface area contributed by atoms with Crippen molar-refractivity contribution >= 4 is 5.91 Å². The van der Waals surface area contributed by atoms with Gasteiger partial charge in [-0.2, -0.15) is 0 Å². The molecule has 0 spiro atoms. The molecule has 356 valence electrons. The summed E-state index contributed by atoms with van der Waals surface area (Å²) >= 11 is 0. The lowest BCUT2D eigenvalue weighted by atomic mass is 10.0. The molecular weight excluding hydrogens is 739 g/mol. The third-order valence-electron chi connectivity index (χ3n) is 12.7. The Kier molecular flexibility index (Phi) is 49.5. The highest BCUT2D eigenvalue weighted by Crippen LogP contribution is 2.17. The first-order chi connectivity index (χ1) is 29.5. The third kappa shape index (κ3) is 46.3. The van der Waals surface area contributed by atoms with E-state index < -0.39 is 18.2 Å². The van der Waals surface area contributed by atoms with Crippen LogP contribution in [0.2, 0.25) is 0 Å². The zero-order valence-electron chi connectivity index (χ0n) is 40.6. The summed E-state index contributed by atoms with van der Waals surface area (Å²) in [5.74, 6) is -0.320. The normalized spacial score (nSPS) is 13.5. The molecule has 0 aromatic heterocycles. The highest BCUT2D eigenvalue weighted by atomic mass is 16.3. The van der Waals surface area contributed by atoms with Crippen LogP contribution in [-0.4, -0.2) is 46.1 Å². The van der Waals surface area contributed by atoms with Crippen molar-refractivity contribution in [2.75, 3.05) is 6.61 Å². The molecule has 0 radical (unpaired) electrons. The number of carbonyl (C=O) groups is 1. The monoisotopic (exact) mass is 846 g/mol. The number of rotatable bonds is 50. The zero-order valence-corrected chi connectivity index (χ0v) is 40.6. The largest absolute Gasteiger partial charge is 0.394 e. The standard InChI is InChI=1S/C55H107NO4/c1-3-5-7-9-11-13-15-17-19-21-23-24-25-26-27-28-29-30-31-32-34-36-38-40-42-44-46-48-52(58)50-55(60)56-53(51-57)54(59)49-47-45-43-41-39-37-35-33-22-20-18-16-14-12-10-8-6-4-2/h39,41,47,49,52-54,57-59H,3-38,40,42-46,48,50-51H2,1-2H3,(H,56,60)/b41-39+,49-47+. The minimum atomic E-state index is -0.949. The van der Waals surface area contributed by atoms with Crippen LogP contribution in [0.1, 0.15) is 296 Å². The number of carbonyl (C=O) groups excluding carboxylic acids is 1. The molecule has 3 unspecified atom stereocenters. The van der Waals surface area contributed by atoms with Gasteiger partial charge in [-0.3, -0.25) is 4.79 Å². The number of hydrogen-bond acceptors (Lipinski definition) is 4. The van der Waals surface area contributed by atoms with E-state index in [0.717, 1.165) is 32.1 Å². The van der Waals surface area contributed by atoms with Gasteiger partial charge in [0.1, 0.15) is 0 Å². The van der Waals surface area contributed by atoms with Crippen molar-refractivity contribution in [3.05, 3.63) is 24.3 Å². The van der Waals surface area contributed by atoms with Gasteiger partial charge in [0.15, 0.2) is 0 Å². The van der Waals surface area contributed by atoms with Gasteiger partial charge in [0, 0.05) is 0 Å². The summed E-state index contributed by atoms with van der Waals surface area (Å²) in [6, 6.07) is -0.758. The Morgan fingerprint density at radius 1 is 0.417 bits per heavy atom. The predicted octanol–water partition coefficient (Wildman–Crippen LogP) is 16.5. The summed E-state index contributed by atoms with van der Waals surface area (Å²) in [5, 5.41) is 33.4. The van der Waals surface area contributed by atoms with Crippen LogP contribution in [0.5, 0.6) is 0 Å². The Morgan fingerprint density at radius 3 is 1.07 bits per heavy atom. The summed E-state index contributed by atoms with van der Waals surface area (Å²) in [4.78, 5) is 12.5. The van der Waals surface area contributed by atoms with Crippen molar-refractivity contribution < 1.29 is 20.1 Å². The SMILES string of the molecule is CCCCCCCCCCCCCC/C=C/CC/C=C/C(O)C(CO)NC(=O)CC(O)CCCCCCCCCCCCCCCCCCCCCCCCCCCCC. The lowest BCUT2D eigenvalue weighted by molar-refractivity contribution is -0.124. The molecule has 1 amide bonds. The van der Waals surface area contributed by atoms with Crippen molar-refractivity contribution in [3.63, 3.8) is 0 Å². The first-order valence-corrected chi connectivity index (χ1v) is 27.1. The molecule has 60 heavy (non-hydrogen) atoms. The lowest BCUT2D eigenvalue weighted by Crippen LogP contribution is -2.45. The molecule has 5 heteroatoms. The number of hydrogen-bond donors (Lipinski definition) is 4. The fourth-order valence-electron chi connectivity index (χ4n) is 8.59. The van der Waals surface area contributed by atoms with Gasteiger partial charge in [-0.1, -0.05) is 282 Å². The van der Waals surface area contributed by atoms with Crippen molar-refractivity contribution in [2.45, 2.75) is 315 Å². The Hall–Kier alpha value is -1.17. The molecule has 0 aliphatic carbocycles. The van der Waals surface area contributed by atoms with E-state index in [9.17, 15) is 20.1 Å². The summed E-state index contributed by atoms with van der Waals surface area (Å²) in [6.07, 6.45) is 63.6. The molecule has 4 N–H and O–H groups in total. The molecule has 3 atom stereocenters. The molecule has 0 rings (SSSR count). The van der Waals surface area contributed by atoms with Gasteiger partial charge in [-0.05, 0) is 32.1 Å². The average molecular weight is 846 g/mol. The number of allylic oxidation sites excluding steroid dienone is 3. The van der Waals surface area contributed by atoms with E-state index in [1.807, 2.05) is 6.08 Å². The molecule has 0 bridgehead atoms. The quantitative estimate of drug-likeness (QED) is 0.0363. The Balaban J connectivity index is 3.56. The van der Waals surface area contributed by atoms with E-state index >= 15 is 0 Å². The number of nitrogens with one attached hydrogen (secondary N) is 1. The summed E-state index contributed by atoms with van der Waals surface area (Å²) in [7, 11) is 0. The summed E-state index contributed by atoms with van der Waals surface area (Å²) in [5.41, 5.74) is 0. The highest BCUT2D eigenvalue weighted by molar-refractivity contribution is 5.76. The van der Waals surface area contributed by atoms with Crippen molar-refractivity contribution in [1.82, 2.24) is 5.32 Å². The van der Waals surface area contributed by atoms with Gasteiger partial charge in [-0.15, -0.1) is 0 Å². The van der Waals surface area contributed by atoms with E-state index in [0.29, 0.717) is 6.42 Å². The minimum absolute atomic E-state index is 0.0103. The molecule has 0 fully saturated rings. The molecule has 0 aromatic carbocycles. The average Bonchev–Trinajstić information content (AvgIpc) is 3.24. The second kappa shape index (κ2) is 50.5. The lowest BCUT2D eigenvalue weighted by Gasteiger charge is -2.21. The number of aliphatic hydroxyl groups excluding tert-OH is 3. The minimum Gasteiger partial charge on any atom is -0.394 e. The maximum absolute atomic E-state index is 12.5. The third-order valence-corrected chi connectivity index (χ3v) is 12.7. The van der Waals surface area contributed by atoms with Crippen LogP contribution in [0.3, 0.4) is 0 Å². The second-order valence-electron chi connectivity index (χ2n) is 18.8. The van der Waals surface area contributed by atoms with Gasteiger partial charge in [0.05, 0.1) is 31.3 Å². The van der Waals surface area contributed by atoms with E-state index in [4.69, 9.17) is 0 Å². The molecule has 0 saturated heterocycles. The molecule has 0 heterocycles. The first kappa shape index (κ1) is 58.8. The van der Waals surface area contributed by atoms with Crippen LogP contribution >= 0.6 is 0 Å². The van der Waals surface area contributed by atoms with E-state index in [2.05, 4.69) is 31.3 Å². The molecule has 0 aromatic rings. The topological polar surface area (TPSA) is 89.8 Å². The van der Waals surface area contributed by atoms with Gasteiger partial charge in [0.2, 0.25) is 5.91 Å². The van der Waals surface area contributed by atoms with Crippen LogP contribution in [0.15, 0.2) is 24.3 Å². The summed E-state index contributed by atoms with van der Waals surface area (Å²) in [6.45, 7) is 4.23. The number of aliphatic hydroxyl groups is 3. The highest BCUT2D eigenvalue weighted by Gasteiger charge is 2.20. The Labute approximate surface area is 375 Å². The fourth-order valence-corrected chi connectivity index (χ4v) is 8.59. The molecule has 0 aliphatic heterocycles. The van der Waals surface area contributed by atoms with E-state index in [-0.39, 0.29) is 18.9 Å². The van der Waals surface area contributed by atoms with Crippen LogP contribution in [0.4, 0.5) is 0 Å². The molecular formula is C55H107NO4. The maximum Gasteiger partial charge on any atom is 0.222 e.